The summed E-state index contributed by atoms with van der Waals surface area (Å²) in [6.07, 6.45) is 1.67. The van der Waals surface area contributed by atoms with E-state index in [1.807, 2.05) is 43.3 Å². The lowest BCUT2D eigenvalue weighted by molar-refractivity contribution is -0.125. The molecule has 0 atom stereocenters. The van der Waals surface area contributed by atoms with Crippen LogP contribution in [0.3, 0.4) is 0 Å². The van der Waals surface area contributed by atoms with Crippen LogP contribution in [-0.4, -0.2) is 36.3 Å². The number of anilines is 1. The van der Waals surface area contributed by atoms with E-state index in [-0.39, 0.29) is 11.8 Å². The monoisotopic (exact) mass is 340 g/mol. The van der Waals surface area contributed by atoms with Crippen molar-refractivity contribution in [2.45, 2.75) is 26.3 Å². The maximum absolute atomic E-state index is 12.4. The third kappa shape index (κ3) is 4.47. The van der Waals surface area contributed by atoms with Gasteiger partial charge in [0.2, 0.25) is 5.91 Å². The summed E-state index contributed by atoms with van der Waals surface area (Å²) in [6, 6.07) is 11.7. The predicted molar refractivity (Wildman–Crippen MR) is 96.5 cm³/mol. The van der Waals surface area contributed by atoms with Crippen LogP contribution in [0, 0.1) is 12.8 Å². The molecule has 2 heterocycles. The van der Waals surface area contributed by atoms with Crippen LogP contribution in [0.2, 0.25) is 0 Å². The van der Waals surface area contributed by atoms with Crippen molar-refractivity contribution in [3.63, 3.8) is 0 Å². The number of benzene rings is 1. The first kappa shape index (κ1) is 17.2. The molecule has 1 aromatic heterocycles. The highest BCUT2D eigenvalue weighted by Gasteiger charge is 2.25. The summed E-state index contributed by atoms with van der Waals surface area (Å²) >= 11 is 0. The summed E-state index contributed by atoms with van der Waals surface area (Å²) in [4.78, 5) is 14.6. The highest BCUT2D eigenvalue weighted by molar-refractivity contribution is 5.79. The lowest BCUT2D eigenvalue weighted by atomic mass is 9.96. The number of amides is 1. The molecule has 6 heteroatoms. The number of nitrogens with zero attached hydrogens (tertiary/aromatic N) is 3. The number of ether oxygens (including phenoxy) is 1. The third-order valence-corrected chi connectivity index (χ3v) is 4.57. The highest BCUT2D eigenvalue weighted by Crippen LogP contribution is 2.22. The first-order valence-electron chi connectivity index (χ1n) is 8.61. The van der Waals surface area contributed by atoms with Crippen LogP contribution in [0.25, 0.3) is 0 Å². The van der Waals surface area contributed by atoms with Crippen molar-refractivity contribution in [1.29, 1.82) is 0 Å². The zero-order valence-electron chi connectivity index (χ0n) is 14.7. The first-order valence-corrected chi connectivity index (χ1v) is 8.61. The third-order valence-electron chi connectivity index (χ3n) is 4.57. The van der Waals surface area contributed by atoms with E-state index in [0.29, 0.717) is 6.54 Å². The molecule has 1 saturated heterocycles. The van der Waals surface area contributed by atoms with Crippen LogP contribution in [0.4, 0.5) is 5.82 Å². The predicted octanol–water partition coefficient (Wildman–Crippen LogP) is 2.33. The number of rotatable bonds is 5. The van der Waals surface area contributed by atoms with Gasteiger partial charge in [-0.1, -0.05) is 12.1 Å². The number of methoxy groups -OCH3 is 1. The van der Waals surface area contributed by atoms with E-state index in [0.717, 1.165) is 48.8 Å². The standard InChI is InChI=1S/C19H24N4O2/c1-14-6-7-18(22-21-14)23-10-8-16(9-11-23)19(24)20-13-15-4-3-5-17(12-15)25-2/h3-7,12,16H,8-11,13H2,1-2H3,(H,20,24). The van der Waals surface area contributed by atoms with E-state index >= 15 is 0 Å². The minimum atomic E-state index is 0.0558. The fourth-order valence-electron chi connectivity index (χ4n) is 3.05. The van der Waals surface area contributed by atoms with Crippen molar-refractivity contribution in [3.05, 3.63) is 47.7 Å². The Balaban J connectivity index is 1.48. The number of aromatic nitrogens is 2. The Hall–Kier alpha value is -2.63. The molecule has 0 aliphatic carbocycles. The van der Waals surface area contributed by atoms with Crippen molar-refractivity contribution in [3.8, 4) is 5.75 Å². The minimum Gasteiger partial charge on any atom is -0.497 e. The van der Waals surface area contributed by atoms with Crippen LogP contribution < -0.4 is 15.0 Å². The summed E-state index contributed by atoms with van der Waals surface area (Å²) < 4.78 is 5.21. The highest BCUT2D eigenvalue weighted by atomic mass is 16.5. The van der Waals surface area contributed by atoms with Gasteiger partial charge < -0.3 is 15.0 Å². The van der Waals surface area contributed by atoms with E-state index < -0.39 is 0 Å². The molecule has 0 unspecified atom stereocenters. The zero-order chi connectivity index (χ0) is 17.6. The van der Waals surface area contributed by atoms with E-state index in [1.54, 1.807) is 7.11 Å². The van der Waals surface area contributed by atoms with Crippen molar-refractivity contribution in [2.75, 3.05) is 25.1 Å². The maximum atomic E-state index is 12.4. The maximum Gasteiger partial charge on any atom is 0.223 e. The van der Waals surface area contributed by atoms with Gasteiger partial charge in [0.15, 0.2) is 5.82 Å². The molecular formula is C19H24N4O2. The smallest absolute Gasteiger partial charge is 0.223 e. The summed E-state index contributed by atoms with van der Waals surface area (Å²) in [5.41, 5.74) is 1.95. The molecule has 132 valence electrons. The lowest BCUT2D eigenvalue weighted by Gasteiger charge is -2.31. The molecule has 1 aromatic carbocycles. The number of hydrogen-bond acceptors (Lipinski definition) is 5. The van der Waals surface area contributed by atoms with Crippen LogP contribution >= 0.6 is 0 Å². The van der Waals surface area contributed by atoms with Crippen molar-refractivity contribution >= 4 is 11.7 Å². The van der Waals surface area contributed by atoms with Gasteiger partial charge in [-0.25, -0.2) is 0 Å². The van der Waals surface area contributed by atoms with E-state index in [1.165, 1.54) is 0 Å². The van der Waals surface area contributed by atoms with Crippen LogP contribution in [0.1, 0.15) is 24.1 Å². The summed E-state index contributed by atoms with van der Waals surface area (Å²) in [5, 5.41) is 11.4. The largest absolute Gasteiger partial charge is 0.497 e. The van der Waals surface area contributed by atoms with Gasteiger partial charge in [0.25, 0.3) is 0 Å². The Bertz CT molecular complexity index is 710. The molecule has 3 rings (SSSR count). The number of carbonyl (C=O) groups is 1. The molecule has 0 saturated carbocycles. The number of carbonyl (C=O) groups excluding carboxylic acids is 1. The van der Waals surface area contributed by atoms with E-state index in [2.05, 4.69) is 20.4 Å². The lowest BCUT2D eigenvalue weighted by Crippen LogP contribution is -2.40. The molecule has 25 heavy (non-hydrogen) atoms. The SMILES string of the molecule is COc1cccc(CNC(=O)C2CCN(c3ccc(C)nn3)CC2)c1. The molecule has 0 spiro atoms. The Labute approximate surface area is 148 Å². The van der Waals surface area contributed by atoms with Gasteiger partial charge in [0.1, 0.15) is 5.75 Å². The minimum absolute atomic E-state index is 0.0558. The number of nitrogens with one attached hydrogen (secondary N) is 1. The Morgan fingerprint density at radius 1 is 1.24 bits per heavy atom. The van der Waals surface area contributed by atoms with Crippen LogP contribution in [0.15, 0.2) is 36.4 Å². The van der Waals surface area contributed by atoms with Gasteiger partial charge in [0.05, 0.1) is 12.8 Å². The summed E-state index contributed by atoms with van der Waals surface area (Å²) in [5.74, 6) is 1.87. The fraction of sp³-hybridized carbons (Fsp3) is 0.421. The normalized spacial score (nSPS) is 15.0. The summed E-state index contributed by atoms with van der Waals surface area (Å²) in [7, 11) is 1.64. The summed E-state index contributed by atoms with van der Waals surface area (Å²) in [6.45, 7) is 4.11. The van der Waals surface area contributed by atoms with Gasteiger partial charge in [-0.3, -0.25) is 4.79 Å². The second kappa shape index (κ2) is 7.96. The number of hydrogen-bond donors (Lipinski definition) is 1. The average molecular weight is 340 g/mol. The van der Waals surface area contributed by atoms with Gasteiger partial charge in [0, 0.05) is 25.6 Å². The van der Waals surface area contributed by atoms with Crippen molar-refractivity contribution in [2.24, 2.45) is 5.92 Å². The molecule has 0 bridgehead atoms. The van der Waals surface area contributed by atoms with Crippen molar-refractivity contribution in [1.82, 2.24) is 15.5 Å². The zero-order valence-corrected chi connectivity index (χ0v) is 14.7. The molecule has 6 nitrogen and oxygen atoms in total. The molecule has 2 aromatic rings. The fourth-order valence-corrected chi connectivity index (χ4v) is 3.05. The molecule has 1 amide bonds. The molecule has 1 N–H and O–H groups in total. The Morgan fingerprint density at radius 2 is 2.04 bits per heavy atom. The quantitative estimate of drug-likeness (QED) is 0.905. The second-order valence-electron chi connectivity index (χ2n) is 6.36. The molecular weight excluding hydrogens is 316 g/mol. The van der Waals surface area contributed by atoms with Gasteiger partial charge in [-0.15, -0.1) is 5.10 Å². The first-order chi connectivity index (χ1) is 12.2. The second-order valence-corrected chi connectivity index (χ2v) is 6.36. The topological polar surface area (TPSA) is 67.3 Å². The number of aryl methyl sites for hydroxylation is 1. The van der Waals surface area contributed by atoms with E-state index in [4.69, 9.17) is 4.74 Å². The van der Waals surface area contributed by atoms with Crippen LogP contribution in [0.5, 0.6) is 5.75 Å². The molecule has 1 aliphatic rings. The Kier molecular flexibility index (Phi) is 5.48. The van der Waals surface area contributed by atoms with Gasteiger partial charge in [-0.05, 0) is 49.6 Å². The average Bonchev–Trinajstić information content (AvgIpc) is 2.67. The van der Waals surface area contributed by atoms with Gasteiger partial charge in [-0.2, -0.15) is 5.10 Å². The molecule has 0 radical (unpaired) electrons. The van der Waals surface area contributed by atoms with E-state index in [9.17, 15) is 4.79 Å². The Morgan fingerprint density at radius 3 is 2.72 bits per heavy atom. The molecule has 1 fully saturated rings. The number of piperidine rings is 1. The van der Waals surface area contributed by atoms with Gasteiger partial charge >= 0.3 is 0 Å². The van der Waals surface area contributed by atoms with Crippen LogP contribution in [-0.2, 0) is 11.3 Å². The molecule has 1 aliphatic heterocycles. The van der Waals surface area contributed by atoms with Crippen molar-refractivity contribution < 1.29 is 9.53 Å².